The van der Waals surface area contributed by atoms with Crippen LogP contribution in [0.1, 0.15) is 46.1 Å². The van der Waals surface area contributed by atoms with Crippen molar-refractivity contribution in [3.05, 3.63) is 29.8 Å². The van der Waals surface area contributed by atoms with Crippen molar-refractivity contribution in [2.24, 2.45) is 5.92 Å². The Labute approximate surface area is 115 Å². The molecule has 0 saturated heterocycles. The van der Waals surface area contributed by atoms with Crippen LogP contribution in [-0.2, 0) is 9.53 Å². The minimum atomic E-state index is -0.551. The summed E-state index contributed by atoms with van der Waals surface area (Å²) in [5, 5.41) is 0. The topological polar surface area (TPSA) is 35.5 Å². The van der Waals surface area contributed by atoms with E-state index in [2.05, 4.69) is 13.8 Å². The highest BCUT2D eigenvalue weighted by Crippen LogP contribution is 2.21. The molecule has 1 rings (SSSR count). The third-order valence-electron chi connectivity index (χ3n) is 2.93. The molecular formula is C16H24O3. The van der Waals surface area contributed by atoms with Gasteiger partial charge in [0.25, 0.3) is 0 Å². The number of benzene rings is 1. The maximum Gasteiger partial charge on any atom is 0.347 e. The van der Waals surface area contributed by atoms with Crippen molar-refractivity contribution in [2.75, 3.05) is 6.61 Å². The second kappa shape index (κ2) is 7.17. The number of ether oxygens (including phenoxy) is 2. The molecule has 0 fully saturated rings. The number of esters is 1. The average molecular weight is 264 g/mol. The molecule has 0 bridgehead atoms. The lowest BCUT2D eigenvalue weighted by molar-refractivity contribution is -0.153. The van der Waals surface area contributed by atoms with Gasteiger partial charge in [-0.15, -0.1) is 0 Å². The second-order valence-electron chi connectivity index (χ2n) is 5.26. The van der Waals surface area contributed by atoms with Gasteiger partial charge in [0.15, 0.2) is 6.10 Å². The fraction of sp³-hybridized carbons (Fsp3) is 0.562. The first kappa shape index (κ1) is 15.5. The second-order valence-corrected chi connectivity index (χ2v) is 5.26. The van der Waals surface area contributed by atoms with Gasteiger partial charge >= 0.3 is 5.97 Å². The smallest absolute Gasteiger partial charge is 0.347 e. The molecule has 3 heteroatoms. The van der Waals surface area contributed by atoms with Crippen molar-refractivity contribution in [2.45, 2.75) is 46.6 Å². The van der Waals surface area contributed by atoms with Crippen molar-refractivity contribution < 1.29 is 14.3 Å². The highest BCUT2D eigenvalue weighted by molar-refractivity contribution is 5.75. The lowest BCUT2D eigenvalue weighted by Crippen LogP contribution is -2.34. The summed E-state index contributed by atoms with van der Waals surface area (Å²) in [7, 11) is 0. The van der Waals surface area contributed by atoms with Gasteiger partial charge in [0.2, 0.25) is 0 Å². The first-order valence-corrected chi connectivity index (χ1v) is 6.89. The third kappa shape index (κ3) is 4.58. The Morgan fingerprint density at radius 1 is 1.11 bits per heavy atom. The van der Waals surface area contributed by atoms with Crippen molar-refractivity contribution in [1.82, 2.24) is 0 Å². The summed E-state index contributed by atoms with van der Waals surface area (Å²) in [6, 6.07) is 7.87. The van der Waals surface area contributed by atoms with E-state index in [4.69, 9.17) is 9.47 Å². The Balaban J connectivity index is 2.76. The SMILES string of the molecule is CCOC(=O)C(Oc1ccc(C(C)C)cc1)C(C)C. The summed E-state index contributed by atoms with van der Waals surface area (Å²) in [4.78, 5) is 11.8. The van der Waals surface area contributed by atoms with E-state index in [-0.39, 0.29) is 11.9 Å². The van der Waals surface area contributed by atoms with Crippen molar-refractivity contribution in [1.29, 1.82) is 0 Å². The molecule has 1 atom stereocenters. The Bertz CT molecular complexity index is 393. The molecule has 0 spiro atoms. The molecule has 3 nitrogen and oxygen atoms in total. The molecule has 19 heavy (non-hydrogen) atoms. The van der Waals surface area contributed by atoms with Crippen LogP contribution in [0.25, 0.3) is 0 Å². The molecule has 106 valence electrons. The zero-order chi connectivity index (χ0) is 14.4. The summed E-state index contributed by atoms with van der Waals surface area (Å²) in [5.41, 5.74) is 1.25. The molecule has 0 saturated carbocycles. The van der Waals surface area contributed by atoms with E-state index in [1.165, 1.54) is 5.56 Å². The normalized spacial score (nSPS) is 12.6. The Morgan fingerprint density at radius 3 is 2.11 bits per heavy atom. The minimum absolute atomic E-state index is 0.0730. The Morgan fingerprint density at radius 2 is 1.68 bits per heavy atom. The van der Waals surface area contributed by atoms with Gasteiger partial charge in [0.1, 0.15) is 5.75 Å². The minimum Gasteiger partial charge on any atom is -0.478 e. The van der Waals surface area contributed by atoms with Crippen LogP contribution in [0.15, 0.2) is 24.3 Å². The van der Waals surface area contributed by atoms with E-state index in [0.29, 0.717) is 18.3 Å². The van der Waals surface area contributed by atoms with Gasteiger partial charge in [-0.25, -0.2) is 4.79 Å². The number of rotatable bonds is 6. The number of carbonyl (C=O) groups excluding carboxylic acids is 1. The van der Waals surface area contributed by atoms with E-state index in [0.717, 1.165) is 0 Å². The van der Waals surface area contributed by atoms with Crippen molar-refractivity contribution in [3.63, 3.8) is 0 Å². The van der Waals surface area contributed by atoms with E-state index in [1.54, 1.807) is 6.92 Å². The largest absolute Gasteiger partial charge is 0.478 e. The molecule has 0 aliphatic carbocycles. The maximum atomic E-state index is 11.8. The Kier molecular flexibility index (Phi) is 5.87. The van der Waals surface area contributed by atoms with Gasteiger partial charge in [0, 0.05) is 5.92 Å². The summed E-state index contributed by atoms with van der Waals surface area (Å²) < 4.78 is 10.8. The molecule has 0 heterocycles. The van der Waals surface area contributed by atoms with E-state index < -0.39 is 6.10 Å². The predicted molar refractivity (Wildman–Crippen MR) is 76.4 cm³/mol. The van der Waals surface area contributed by atoms with Crippen molar-refractivity contribution in [3.8, 4) is 5.75 Å². The summed E-state index contributed by atoms with van der Waals surface area (Å²) in [6.07, 6.45) is -0.551. The first-order chi connectivity index (χ1) is 8.95. The molecule has 0 N–H and O–H groups in total. The standard InChI is InChI=1S/C16H24O3/c1-6-18-16(17)15(12(4)5)19-14-9-7-13(8-10-14)11(2)3/h7-12,15H,6H2,1-5H3. The number of carbonyl (C=O) groups is 1. The third-order valence-corrected chi connectivity index (χ3v) is 2.93. The summed E-state index contributed by atoms with van der Waals surface area (Å²) in [6.45, 7) is 10.4. The van der Waals surface area contributed by atoms with Crippen molar-refractivity contribution >= 4 is 5.97 Å². The van der Waals surface area contributed by atoms with Crippen LogP contribution in [0.2, 0.25) is 0 Å². The van der Waals surface area contributed by atoms with Crippen LogP contribution in [0.5, 0.6) is 5.75 Å². The maximum absolute atomic E-state index is 11.8. The van der Waals surface area contributed by atoms with E-state index in [9.17, 15) is 4.79 Å². The zero-order valence-electron chi connectivity index (χ0n) is 12.5. The molecule has 0 aliphatic rings. The molecular weight excluding hydrogens is 240 g/mol. The summed E-state index contributed by atoms with van der Waals surface area (Å²) >= 11 is 0. The van der Waals surface area contributed by atoms with Crippen LogP contribution in [-0.4, -0.2) is 18.7 Å². The fourth-order valence-electron chi connectivity index (χ4n) is 1.76. The zero-order valence-corrected chi connectivity index (χ0v) is 12.5. The molecule has 1 aromatic carbocycles. The Hall–Kier alpha value is -1.51. The van der Waals surface area contributed by atoms with Gasteiger partial charge in [-0.1, -0.05) is 39.8 Å². The van der Waals surface area contributed by atoms with Crippen LogP contribution in [0.4, 0.5) is 0 Å². The quantitative estimate of drug-likeness (QED) is 0.734. The first-order valence-electron chi connectivity index (χ1n) is 6.89. The van der Waals surface area contributed by atoms with Crippen LogP contribution < -0.4 is 4.74 Å². The average Bonchev–Trinajstić information content (AvgIpc) is 2.36. The number of hydrogen-bond donors (Lipinski definition) is 0. The van der Waals surface area contributed by atoms with Gasteiger partial charge in [-0.05, 0) is 30.5 Å². The highest BCUT2D eigenvalue weighted by Gasteiger charge is 2.25. The molecule has 0 aromatic heterocycles. The predicted octanol–water partition coefficient (Wildman–Crippen LogP) is 3.78. The lowest BCUT2D eigenvalue weighted by atomic mass is 10.0. The fourth-order valence-corrected chi connectivity index (χ4v) is 1.76. The van der Waals surface area contributed by atoms with E-state index in [1.807, 2.05) is 38.1 Å². The van der Waals surface area contributed by atoms with Crippen LogP contribution in [0, 0.1) is 5.92 Å². The molecule has 1 unspecified atom stereocenters. The van der Waals surface area contributed by atoms with Gasteiger partial charge < -0.3 is 9.47 Å². The molecule has 0 radical (unpaired) electrons. The lowest BCUT2D eigenvalue weighted by Gasteiger charge is -2.21. The molecule has 0 amide bonds. The monoisotopic (exact) mass is 264 g/mol. The molecule has 1 aromatic rings. The summed E-state index contributed by atoms with van der Waals surface area (Å²) in [5.74, 6) is 0.963. The number of hydrogen-bond acceptors (Lipinski definition) is 3. The molecule has 0 aliphatic heterocycles. The highest BCUT2D eigenvalue weighted by atomic mass is 16.6. The van der Waals surface area contributed by atoms with Crippen LogP contribution >= 0.6 is 0 Å². The van der Waals surface area contributed by atoms with Crippen LogP contribution in [0.3, 0.4) is 0 Å². The van der Waals surface area contributed by atoms with Gasteiger partial charge in [-0.2, -0.15) is 0 Å². The van der Waals surface area contributed by atoms with Gasteiger partial charge in [-0.3, -0.25) is 0 Å². The van der Waals surface area contributed by atoms with E-state index >= 15 is 0 Å². The van der Waals surface area contributed by atoms with Gasteiger partial charge in [0.05, 0.1) is 6.61 Å².